The summed E-state index contributed by atoms with van der Waals surface area (Å²) in [5.74, 6) is 0. The fraction of sp³-hybridized carbons (Fsp3) is 0. The van der Waals surface area contributed by atoms with Crippen LogP contribution in [-0.2, 0) is 0 Å². The van der Waals surface area contributed by atoms with Gasteiger partial charge >= 0.3 is 0 Å². The molecule has 0 unspecified atom stereocenters. The first-order valence-corrected chi connectivity index (χ1v) is 6.75. The lowest BCUT2D eigenvalue weighted by Crippen LogP contribution is -2.14. The first kappa shape index (κ1) is 12.1. The Bertz CT molecular complexity index is 808. The third kappa shape index (κ3) is 2.30. The normalized spacial score (nSPS) is 11.4. The molecular weight excluding hydrogens is 282 g/mol. The minimum absolute atomic E-state index is 0.121. The lowest BCUT2D eigenvalue weighted by atomic mass is 10.2. The molecule has 4 nitrogen and oxygen atoms in total. The van der Waals surface area contributed by atoms with Crippen molar-refractivity contribution in [1.82, 2.24) is 14.4 Å². The lowest BCUT2D eigenvalue weighted by molar-refractivity contribution is 1.07. The number of nitrogens with zero attached hydrogens (tertiary/aromatic N) is 3. The fourth-order valence-electron chi connectivity index (χ4n) is 1.64. The molecule has 3 aromatic rings. The average Bonchev–Trinajstić information content (AvgIpc) is 2.91. The van der Waals surface area contributed by atoms with E-state index in [-0.39, 0.29) is 10.6 Å². The molecule has 0 atom stereocenters. The van der Waals surface area contributed by atoms with Gasteiger partial charge in [-0.15, -0.1) is 11.3 Å². The molecule has 0 spiro atoms. The standard InChI is InChI=1S/C13H8ClN3OS/c14-11-10(4-3-9-2-1-5-15-8-9)16-13-17(12(11)18)6-7-19-13/h1-8H/b4-3+. The average molecular weight is 290 g/mol. The van der Waals surface area contributed by atoms with Gasteiger partial charge in [0.05, 0.1) is 5.69 Å². The highest BCUT2D eigenvalue weighted by Gasteiger charge is 2.08. The zero-order valence-electron chi connectivity index (χ0n) is 9.65. The maximum atomic E-state index is 12.0. The summed E-state index contributed by atoms with van der Waals surface area (Å²) in [5, 5.41) is 1.92. The third-order valence-electron chi connectivity index (χ3n) is 2.56. The SMILES string of the molecule is O=c1c(Cl)c(/C=C/c2cccnc2)nc2sccn12. The summed E-state index contributed by atoms with van der Waals surface area (Å²) in [5.41, 5.74) is 1.14. The molecule has 0 aliphatic carbocycles. The van der Waals surface area contributed by atoms with Gasteiger partial charge in [-0.25, -0.2) is 4.98 Å². The van der Waals surface area contributed by atoms with E-state index in [2.05, 4.69) is 9.97 Å². The molecule has 0 aromatic carbocycles. The van der Waals surface area contributed by atoms with Crippen molar-refractivity contribution in [2.24, 2.45) is 0 Å². The molecule has 94 valence electrons. The van der Waals surface area contributed by atoms with Crippen LogP contribution < -0.4 is 5.56 Å². The van der Waals surface area contributed by atoms with Crippen molar-refractivity contribution in [1.29, 1.82) is 0 Å². The van der Waals surface area contributed by atoms with Gasteiger partial charge in [-0.3, -0.25) is 14.2 Å². The van der Waals surface area contributed by atoms with Gasteiger partial charge in [-0.2, -0.15) is 0 Å². The maximum Gasteiger partial charge on any atom is 0.277 e. The second-order valence-corrected chi connectivity index (χ2v) is 5.04. The van der Waals surface area contributed by atoms with E-state index in [1.54, 1.807) is 30.0 Å². The molecule has 0 fully saturated rings. The molecule has 0 radical (unpaired) electrons. The number of hydrogen-bond donors (Lipinski definition) is 0. The highest BCUT2D eigenvalue weighted by Crippen LogP contribution is 2.16. The van der Waals surface area contributed by atoms with Crippen LogP contribution >= 0.6 is 22.9 Å². The minimum Gasteiger partial charge on any atom is -0.267 e. The topological polar surface area (TPSA) is 47.3 Å². The predicted molar refractivity (Wildman–Crippen MR) is 77.5 cm³/mol. The van der Waals surface area contributed by atoms with E-state index in [4.69, 9.17) is 11.6 Å². The van der Waals surface area contributed by atoms with E-state index in [1.807, 2.05) is 18.2 Å². The van der Waals surface area contributed by atoms with Gasteiger partial charge < -0.3 is 0 Å². The molecule has 0 N–H and O–H groups in total. The van der Waals surface area contributed by atoms with Crippen LogP contribution in [0, 0.1) is 0 Å². The Morgan fingerprint density at radius 2 is 2.26 bits per heavy atom. The van der Waals surface area contributed by atoms with Crippen LogP contribution in [0.25, 0.3) is 17.1 Å². The number of thiazole rings is 1. The fourth-order valence-corrected chi connectivity index (χ4v) is 2.54. The molecule has 0 amide bonds. The summed E-state index contributed by atoms with van der Waals surface area (Å²) in [7, 11) is 0. The zero-order chi connectivity index (χ0) is 13.2. The van der Waals surface area contributed by atoms with Crippen molar-refractivity contribution >= 4 is 40.1 Å². The Morgan fingerprint density at radius 1 is 1.37 bits per heavy atom. The number of fused-ring (bicyclic) bond motifs is 1. The van der Waals surface area contributed by atoms with E-state index >= 15 is 0 Å². The third-order valence-corrected chi connectivity index (χ3v) is 3.67. The quantitative estimate of drug-likeness (QED) is 0.729. The molecule has 0 saturated carbocycles. The van der Waals surface area contributed by atoms with Crippen LogP contribution in [0.5, 0.6) is 0 Å². The van der Waals surface area contributed by atoms with Crippen molar-refractivity contribution in [3.63, 3.8) is 0 Å². The summed E-state index contributed by atoms with van der Waals surface area (Å²) >= 11 is 7.43. The molecule has 3 aromatic heterocycles. The van der Waals surface area contributed by atoms with Crippen molar-refractivity contribution in [3.05, 3.63) is 62.7 Å². The smallest absolute Gasteiger partial charge is 0.267 e. The molecular formula is C13H8ClN3OS. The van der Waals surface area contributed by atoms with Gasteiger partial charge in [0, 0.05) is 24.0 Å². The Morgan fingerprint density at radius 3 is 3.05 bits per heavy atom. The molecule has 19 heavy (non-hydrogen) atoms. The Kier molecular flexibility index (Phi) is 3.15. The number of halogens is 1. The van der Waals surface area contributed by atoms with Gasteiger partial charge in [0.1, 0.15) is 5.02 Å². The number of aromatic nitrogens is 3. The van der Waals surface area contributed by atoms with Crippen LogP contribution in [0.4, 0.5) is 0 Å². The Balaban J connectivity index is 2.08. The second kappa shape index (κ2) is 4.95. The van der Waals surface area contributed by atoms with E-state index < -0.39 is 0 Å². The monoisotopic (exact) mass is 289 g/mol. The van der Waals surface area contributed by atoms with Gasteiger partial charge in [-0.1, -0.05) is 23.7 Å². The largest absolute Gasteiger partial charge is 0.277 e. The lowest BCUT2D eigenvalue weighted by Gasteiger charge is -1.98. The molecule has 6 heteroatoms. The Hall–Kier alpha value is -1.98. The van der Waals surface area contributed by atoms with Crippen LogP contribution in [-0.4, -0.2) is 14.4 Å². The van der Waals surface area contributed by atoms with E-state index in [9.17, 15) is 4.79 Å². The molecule has 0 bridgehead atoms. The maximum absolute atomic E-state index is 12.0. The minimum atomic E-state index is -0.251. The first-order valence-electron chi connectivity index (χ1n) is 5.49. The zero-order valence-corrected chi connectivity index (χ0v) is 11.2. The van der Waals surface area contributed by atoms with Gasteiger partial charge in [-0.05, 0) is 17.7 Å². The van der Waals surface area contributed by atoms with Gasteiger partial charge in [0.2, 0.25) is 0 Å². The number of pyridine rings is 1. The summed E-state index contributed by atoms with van der Waals surface area (Å²) in [6.45, 7) is 0. The highest BCUT2D eigenvalue weighted by molar-refractivity contribution is 7.15. The molecule has 3 rings (SSSR count). The van der Waals surface area contributed by atoms with E-state index in [0.717, 1.165) is 5.56 Å². The molecule has 0 aliphatic heterocycles. The summed E-state index contributed by atoms with van der Waals surface area (Å²) in [4.78, 5) is 21.0. The summed E-state index contributed by atoms with van der Waals surface area (Å²) in [6, 6.07) is 3.75. The predicted octanol–water partition coefficient (Wildman–Crippen LogP) is 2.97. The molecule has 3 heterocycles. The van der Waals surface area contributed by atoms with Crippen LogP contribution in [0.2, 0.25) is 5.02 Å². The van der Waals surface area contributed by atoms with Crippen LogP contribution in [0.15, 0.2) is 40.9 Å². The van der Waals surface area contributed by atoms with Crippen molar-refractivity contribution in [2.75, 3.05) is 0 Å². The summed E-state index contributed by atoms with van der Waals surface area (Å²) < 4.78 is 1.44. The second-order valence-electron chi connectivity index (χ2n) is 3.79. The molecule has 0 saturated heterocycles. The number of rotatable bonds is 2. The first-order chi connectivity index (χ1) is 9.25. The van der Waals surface area contributed by atoms with Crippen LogP contribution in [0.3, 0.4) is 0 Å². The number of hydrogen-bond acceptors (Lipinski definition) is 4. The van der Waals surface area contributed by atoms with E-state index in [0.29, 0.717) is 10.7 Å². The van der Waals surface area contributed by atoms with Crippen molar-refractivity contribution in [3.8, 4) is 0 Å². The highest BCUT2D eigenvalue weighted by atomic mass is 35.5. The molecule has 0 aliphatic rings. The van der Waals surface area contributed by atoms with Gasteiger partial charge in [0.25, 0.3) is 5.56 Å². The Labute approximate surface area is 117 Å². The van der Waals surface area contributed by atoms with Crippen LogP contribution in [0.1, 0.15) is 11.3 Å². The van der Waals surface area contributed by atoms with E-state index in [1.165, 1.54) is 15.7 Å². The van der Waals surface area contributed by atoms with Crippen molar-refractivity contribution in [2.45, 2.75) is 0 Å². The van der Waals surface area contributed by atoms with Crippen molar-refractivity contribution < 1.29 is 0 Å². The summed E-state index contributed by atoms with van der Waals surface area (Å²) in [6.07, 6.45) is 8.63. The van der Waals surface area contributed by atoms with Gasteiger partial charge in [0.15, 0.2) is 4.96 Å².